The second kappa shape index (κ2) is 8.78. The predicted molar refractivity (Wildman–Crippen MR) is 125 cm³/mol. The van der Waals surface area contributed by atoms with E-state index in [1.165, 1.54) is 24.3 Å². The van der Waals surface area contributed by atoms with Gasteiger partial charge in [-0.1, -0.05) is 6.07 Å². The van der Waals surface area contributed by atoms with Crippen LogP contribution >= 0.6 is 0 Å². The smallest absolute Gasteiger partial charge is 0.338 e. The Labute approximate surface area is 199 Å². The number of phenols is 1. The molecule has 35 heavy (non-hydrogen) atoms. The number of phenolic OH excluding ortho intramolecular Hbond substituents is 1. The molecule has 8 heteroatoms. The Morgan fingerprint density at radius 2 is 1.74 bits per heavy atom. The zero-order valence-electron chi connectivity index (χ0n) is 18.8. The van der Waals surface area contributed by atoms with Gasteiger partial charge in [0.05, 0.1) is 16.5 Å². The fourth-order valence-electron chi connectivity index (χ4n) is 4.92. The fourth-order valence-corrected chi connectivity index (χ4v) is 4.92. The number of nitrogens with zero attached hydrogens (tertiary/aromatic N) is 1. The van der Waals surface area contributed by atoms with Gasteiger partial charge in [0.2, 0.25) is 0 Å². The monoisotopic (exact) mass is 481 g/mol. The topological polar surface area (TPSA) is 71.7 Å². The highest BCUT2D eigenvalue weighted by Crippen LogP contribution is 2.47. The van der Waals surface area contributed by atoms with Crippen molar-refractivity contribution in [3.8, 4) is 22.6 Å². The van der Waals surface area contributed by atoms with Crippen LogP contribution in [0.25, 0.3) is 27.7 Å². The number of aromatic hydroxyl groups is 1. The molecule has 0 radical (unpaired) electrons. The molecule has 0 atom stereocenters. The molecule has 1 aliphatic rings. The number of aromatic nitrogens is 1. The summed E-state index contributed by atoms with van der Waals surface area (Å²) in [7, 11) is 0. The normalized spacial score (nSPS) is 14.5. The number of hydrogen-bond donors (Lipinski definition) is 2. The van der Waals surface area contributed by atoms with Crippen molar-refractivity contribution in [2.45, 2.75) is 25.7 Å². The van der Waals surface area contributed by atoms with E-state index in [0.29, 0.717) is 65.0 Å². The highest BCUT2D eigenvalue weighted by atomic mass is 19.1. The van der Waals surface area contributed by atoms with Gasteiger partial charge in [0.15, 0.2) is 0 Å². The van der Waals surface area contributed by atoms with Crippen LogP contribution < -0.4 is 0 Å². The van der Waals surface area contributed by atoms with Crippen molar-refractivity contribution in [1.29, 1.82) is 0 Å². The van der Waals surface area contributed by atoms with Crippen molar-refractivity contribution >= 4 is 16.9 Å². The molecule has 0 amide bonds. The van der Waals surface area contributed by atoms with Crippen molar-refractivity contribution in [3.05, 3.63) is 82.8 Å². The van der Waals surface area contributed by atoms with E-state index in [4.69, 9.17) is 4.74 Å². The number of hydrogen-bond acceptors (Lipinski definition) is 3. The summed E-state index contributed by atoms with van der Waals surface area (Å²) in [6, 6.07) is 10.6. The van der Waals surface area contributed by atoms with E-state index in [2.05, 4.69) is 0 Å². The van der Waals surface area contributed by atoms with Crippen LogP contribution in [0.3, 0.4) is 0 Å². The van der Waals surface area contributed by atoms with Crippen LogP contribution in [0.2, 0.25) is 0 Å². The van der Waals surface area contributed by atoms with Gasteiger partial charge in [0.25, 0.3) is 0 Å². The SMILES string of the molecule is Cc1cc(-n2c(C3CCOCC3)c(-c3ccc(C(=O)O)c(F)c3)c3c(O)cc(F)cc32)ccc1F. The molecule has 2 heterocycles. The van der Waals surface area contributed by atoms with E-state index >= 15 is 0 Å². The van der Waals surface area contributed by atoms with Gasteiger partial charge < -0.3 is 19.5 Å². The number of carboxylic acid groups (broad SMARTS) is 1. The van der Waals surface area contributed by atoms with Gasteiger partial charge in [-0.3, -0.25) is 0 Å². The standard InChI is InChI=1S/C27H22F3NO4/c1-14-10-18(3-5-20(14)29)31-22-12-17(28)13-23(32)25(22)24(26(31)15-6-8-35-9-7-15)16-2-4-19(27(33)34)21(30)11-16/h2-5,10-13,15,32H,6-9H2,1H3,(H,33,34). The number of benzene rings is 3. The summed E-state index contributed by atoms with van der Waals surface area (Å²) in [5.74, 6) is -3.80. The fraction of sp³-hybridized carbons (Fsp3) is 0.222. The Kier molecular flexibility index (Phi) is 5.76. The Morgan fingerprint density at radius 3 is 2.40 bits per heavy atom. The van der Waals surface area contributed by atoms with Gasteiger partial charge in [-0.15, -0.1) is 0 Å². The lowest BCUT2D eigenvalue weighted by molar-refractivity contribution is 0.0692. The maximum absolute atomic E-state index is 14.8. The lowest BCUT2D eigenvalue weighted by atomic mass is 9.89. The summed E-state index contributed by atoms with van der Waals surface area (Å²) in [6.07, 6.45) is 1.25. The predicted octanol–water partition coefficient (Wildman–Crippen LogP) is 6.32. The summed E-state index contributed by atoms with van der Waals surface area (Å²) in [5.41, 5.74) is 2.33. The van der Waals surface area contributed by atoms with Crippen molar-refractivity contribution in [2.24, 2.45) is 0 Å². The zero-order chi connectivity index (χ0) is 24.9. The van der Waals surface area contributed by atoms with Crippen molar-refractivity contribution in [3.63, 3.8) is 0 Å². The van der Waals surface area contributed by atoms with Crippen LogP contribution in [0, 0.1) is 24.4 Å². The Balaban J connectivity index is 1.91. The minimum absolute atomic E-state index is 0.0961. The number of carbonyl (C=O) groups is 1. The van der Waals surface area contributed by atoms with Gasteiger partial charge in [-0.05, 0) is 67.3 Å². The van der Waals surface area contributed by atoms with Crippen LogP contribution in [0.5, 0.6) is 5.75 Å². The minimum Gasteiger partial charge on any atom is -0.507 e. The highest BCUT2D eigenvalue weighted by molar-refractivity contribution is 6.03. The molecule has 0 aliphatic carbocycles. The molecule has 0 unspecified atom stereocenters. The molecule has 1 aromatic heterocycles. The molecule has 3 aromatic carbocycles. The molecule has 1 fully saturated rings. The third-order valence-corrected chi connectivity index (χ3v) is 6.55. The van der Waals surface area contributed by atoms with E-state index in [1.54, 1.807) is 23.6 Å². The third kappa shape index (κ3) is 3.93. The van der Waals surface area contributed by atoms with E-state index in [0.717, 1.165) is 12.1 Å². The summed E-state index contributed by atoms with van der Waals surface area (Å²) < 4.78 is 50.8. The van der Waals surface area contributed by atoms with Gasteiger partial charge in [0, 0.05) is 42.1 Å². The number of fused-ring (bicyclic) bond motifs is 1. The molecule has 0 spiro atoms. The van der Waals surface area contributed by atoms with E-state index < -0.39 is 29.0 Å². The van der Waals surface area contributed by atoms with E-state index in [9.17, 15) is 28.2 Å². The maximum atomic E-state index is 14.8. The van der Waals surface area contributed by atoms with Crippen molar-refractivity contribution in [1.82, 2.24) is 4.57 Å². The molecule has 0 saturated carbocycles. The second-order valence-corrected chi connectivity index (χ2v) is 8.73. The van der Waals surface area contributed by atoms with Gasteiger partial charge in [0.1, 0.15) is 23.2 Å². The Hall–Kier alpha value is -3.78. The van der Waals surface area contributed by atoms with Crippen LogP contribution in [0.1, 0.15) is 40.4 Å². The van der Waals surface area contributed by atoms with Crippen LogP contribution in [-0.2, 0) is 4.74 Å². The first kappa shape index (κ1) is 23.0. The highest BCUT2D eigenvalue weighted by Gasteiger charge is 2.30. The Bertz CT molecular complexity index is 1470. The average Bonchev–Trinajstić information content (AvgIpc) is 3.16. The largest absolute Gasteiger partial charge is 0.507 e. The summed E-state index contributed by atoms with van der Waals surface area (Å²) in [6.45, 7) is 2.60. The molecular formula is C27H22F3NO4. The van der Waals surface area contributed by atoms with E-state index in [1.807, 2.05) is 0 Å². The van der Waals surface area contributed by atoms with E-state index in [-0.39, 0.29) is 11.7 Å². The second-order valence-electron chi connectivity index (χ2n) is 8.73. The molecule has 5 rings (SSSR count). The molecule has 1 saturated heterocycles. The van der Waals surface area contributed by atoms with Crippen molar-refractivity contribution < 1.29 is 32.9 Å². The first-order valence-corrected chi connectivity index (χ1v) is 11.2. The summed E-state index contributed by atoms with van der Waals surface area (Å²) >= 11 is 0. The molecule has 5 nitrogen and oxygen atoms in total. The van der Waals surface area contributed by atoms with Gasteiger partial charge in [-0.2, -0.15) is 0 Å². The number of carboxylic acids is 1. The molecule has 0 bridgehead atoms. The van der Waals surface area contributed by atoms with Crippen LogP contribution in [-0.4, -0.2) is 34.0 Å². The molecular weight excluding hydrogens is 459 g/mol. The molecule has 2 N–H and O–H groups in total. The zero-order valence-corrected chi connectivity index (χ0v) is 18.8. The van der Waals surface area contributed by atoms with Gasteiger partial charge >= 0.3 is 5.97 Å². The molecule has 1 aliphatic heterocycles. The molecule has 4 aromatic rings. The van der Waals surface area contributed by atoms with Crippen LogP contribution in [0.4, 0.5) is 13.2 Å². The van der Waals surface area contributed by atoms with Crippen molar-refractivity contribution in [2.75, 3.05) is 13.2 Å². The summed E-state index contributed by atoms with van der Waals surface area (Å²) in [4.78, 5) is 11.4. The Morgan fingerprint density at radius 1 is 1.00 bits per heavy atom. The number of aryl methyl sites for hydroxylation is 1. The summed E-state index contributed by atoms with van der Waals surface area (Å²) in [5, 5.41) is 20.4. The average molecular weight is 481 g/mol. The number of ether oxygens (including phenoxy) is 1. The third-order valence-electron chi connectivity index (χ3n) is 6.55. The first-order chi connectivity index (χ1) is 16.8. The number of halogens is 3. The first-order valence-electron chi connectivity index (χ1n) is 11.2. The number of aromatic carboxylic acids is 1. The van der Waals surface area contributed by atoms with Crippen LogP contribution in [0.15, 0.2) is 48.5 Å². The van der Waals surface area contributed by atoms with Gasteiger partial charge in [-0.25, -0.2) is 18.0 Å². The minimum atomic E-state index is -1.40. The molecule has 180 valence electrons. The quantitative estimate of drug-likeness (QED) is 0.358. The number of rotatable bonds is 4. The lowest BCUT2D eigenvalue weighted by Crippen LogP contribution is -2.17. The maximum Gasteiger partial charge on any atom is 0.338 e. The lowest BCUT2D eigenvalue weighted by Gasteiger charge is -2.26.